The van der Waals surface area contributed by atoms with E-state index in [1.54, 1.807) is 24.5 Å². The molecule has 0 atom stereocenters. The first-order chi connectivity index (χ1) is 17.2. The smallest absolute Gasteiger partial charge is 0.278 e. The number of hydrogen-bond donors (Lipinski definition) is 2. The summed E-state index contributed by atoms with van der Waals surface area (Å²) in [6.07, 6.45) is 4.09. The van der Waals surface area contributed by atoms with Gasteiger partial charge in [-0.1, -0.05) is 30.3 Å². The summed E-state index contributed by atoms with van der Waals surface area (Å²) in [7, 11) is 0. The SMILES string of the molecule is O=c1c2c(nc3nc(Nc4ccc(Oc5ccncc5)cc4)[nH]n13)CCN(Cc1ccccc1)C2. The molecule has 0 spiro atoms. The fourth-order valence-corrected chi connectivity index (χ4v) is 4.24. The van der Waals surface area contributed by atoms with Gasteiger partial charge in [0.05, 0.1) is 11.3 Å². The van der Waals surface area contributed by atoms with E-state index in [0.717, 1.165) is 42.2 Å². The Hall–Kier alpha value is -4.50. The zero-order valence-corrected chi connectivity index (χ0v) is 18.9. The number of nitrogens with one attached hydrogen (secondary N) is 2. The molecule has 5 aromatic rings. The fourth-order valence-electron chi connectivity index (χ4n) is 4.24. The summed E-state index contributed by atoms with van der Waals surface area (Å²) >= 11 is 0. The van der Waals surface area contributed by atoms with E-state index in [4.69, 9.17) is 4.74 Å². The lowest BCUT2D eigenvalue weighted by atomic mass is 10.1. The van der Waals surface area contributed by atoms with Gasteiger partial charge in [0.25, 0.3) is 11.3 Å². The summed E-state index contributed by atoms with van der Waals surface area (Å²) < 4.78 is 7.21. The van der Waals surface area contributed by atoms with Crippen molar-refractivity contribution in [2.45, 2.75) is 19.5 Å². The molecule has 0 aliphatic carbocycles. The van der Waals surface area contributed by atoms with Crippen LogP contribution in [0.5, 0.6) is 11.5 Å². The number of benzene rings is 2. The third-order valence-electron chi connectivity index (χ3n) is 5.97. The van der Waals surface area contributed by atoms with Crippen molar-refractivity contribution in [1.29, 1.82) is 0 Å². The molecule has 174 valence electrons. The van der Waals surface area contributed by atoms with E-state index in [0.29, 0.717) is 24.0 Å². The molecule has 3 aromatic heterocycles. The normalized spacial score (nSPS) is 13.5. The minimum absolute atomic E-state index is 0.107. The van der Waals surface area contributed by atoms with Crippen LogP contribution in [-0.2, 0) is 19.5 Å². The van der Waals surface area contributed by atoms with E-state index >= 15 is 0 Å². The average Bonchev–Trinajstić information content (AvgIpc) is 3.30. The first-order valence-electron chi connectivity index (χ1n) is 11.4. The number of rotatable bonds is 6. The molecule has 6 rings (SSSR count). The molecule has 1 aliphatic rings. The molecule has 9 nitrogen and oxygen atoms in total. The first-order valence-corrected chi connectivity index (χ1v) is 11.4. The lowest BCUT2D eigenvalue weighted by Crippen LogP contribution is -2.36. The van der Waals surface area contributed by atoms with Crippen LogP contribution in [0.25, 0.3) is 5.78 Å². The number of hydrogen-bond acceptors (Lipinski definition) is 7. The number of pyridine rings is 1. The Balaban J connectivity index is 1.19. The molecular formula is C26H23N7O2. The molecule has 2 N–H and O–H groups in total. The van der Waals surface area contributed by atoms with Crippen LogP contribution in [0.4, 0.5) is 11.6 Å². The summed E-state index contributed by atoms with van der Waals surface area (Å²) in [5.41, 5.74) is 3.48. The maximum atomic E-state index is 13.2. The number of ether oxygens (including phenoxy) is 1. The zero-order valence-electron chi connectivity index (χ0n) is 18.9. The number of nitrogens with zero attached hydrogens (tertiary/aromatic N) is 5. The summed E-state index contributed by atoms with van der Waals surface area (Å²) in [6, 6.07) is 21.4. The monoisotopic (exact) mass is 465 g/mol. The number of aromatic nitrogens is 5. The lowest BCUT2D eigenvalue weighted by molar-refractivity contribution is 0.241. The van der Waals surface area contributed by atoms with Gasteiger partial charge in [0, 0.05) is 44.1 Å². The predicted molar refractivity (Wildman–Crippen MR) is 132 cm³/mol. The molecule has 35 heavy (non-hydrogen) atoms. The largest absolute Gasteiger partial charge is 0.457 e. The van der Waals surface area contributed by atoms with Crippen molar-refractivity contribution >= 4 is 17.4 Å². The van der Waals surface area contributed by atoms with Crippen LogP contribution in [0.2, 0.25) is 0 Å². The van der Waals surface area contributed by atoms with Gasteiger partial charge in [-0.2, -0.15) is 9.50 Å². The number of anilines is 2. The molecule has 0 saturated carbocycles. The van der Waals surface area contributed by atoms with E-state index in [2.05, 4.69) is 42.4 Å². The maximum absolute atomic E-state index is 13.2. The van der Waals surface area contributed by atoms with Crippen LogP contribution in [0.15, 0.2) is 83.9 Å². The minimum Gasteiger partial charge on any atom is -0.457 e. The van der Waals surface area contributed by atoms with Gasteiger partial charge in [0.15, 0.2) is 0 Å². The summed E-state index contributed by atoms with van der Waals surface area (Å²) in [5.74, 6) is 2.23. The van der Waals surface area contributed by atoms with E-state index in [1.165, 1.54) is 10.1 Å². The van der Waals surface area contributed by atoms with Gasteiger partial charge < -0.3 is 10.1 Å². The van der Waals surface area contributed by atoms with Gasteiger partial charge in [-0.15, -0.1) is 0 Å². The van der Waals surface area contributed by atoms with Gasteiger partial charge in [0.1, 0.15) is 11.5 Å². The molecule has 0 fully saturated rings. The van der Waals surface area contributed by atoms with Crippen LogP contribution in [-0.4, -0.2) is 36.0 Å². The van der Waals surface area contributed by atoms with Crippen LogP contribution in [0.3, 0.4) is 0 Å². The topological polar surface area (TPSA) is 100 Å². The van der Waals surface area contributed by atoms with Crippen molar-refractivity contribution in [3.8, 4) is 11.5 Å². The number of aromatic amines is 1. The molecule has 9 heteroatoms. The third-order valence-corrected chi connectivity index (χ3v) is 5.97. The van der Waals surface area contributed by atoms with Crippen molar-refractivity contribution < 1.29 is 4.74 Å². The van der Waals surface area contributed by atoms with Gasteiger partial charge in [-0.25, -0.2) is 4.98 Å². The van der Waals surface area contributed by atoms with Gasteiger partial charge >= 0.3 is 0 Å². The van der Waals surface area contributed by atoms with Gasteiger partial charge in [-0.05, 0) is 42.0 Å². The predicted octanol–water partition coefficient (Wildman–Crippen LogP) is 3.91. The minimum atomic E-state index is -0.107. The second kappa shape index (κ2) is 9.03. The maximum Gasteiger partial charge on any atom is 0.278 e. The standard InChI is InChI=1S/C26H23N7O2/c34-24-22-17-32(16-18-4-2-1-3-5-18)15-12-23(22)29-26-30-25(31-33(24)26)28-19-6-8-20(9-7-19)35-21-10-13-27-14-11-21/h1-11,13-14H,12,15-17H2,(H2,28,29,30,31). The molecule has 4 heterocycles. The highest BCUT2D eigenvalue weighted by Gasteiger charge is 2.23. The molecule has 0 saturated heterocycles. The lowest BCUT2D eigenvalue weighted by Gasteiger charge is -2.27. The van der Waals surface area contributed by atoms with E-state index in [1.807, 2.05) is 42.5 Å². The first kappa shape index (κ1) is 21.1. The Labute approximate surface area is 201 Å². The van der Waals surface area contributed by atoms with E-state index < -0.39 is 0 Å². The number of fused-ring (bicyclic) bond motifs is 2. The summed E-state index contributed by atoms with van der Waals surface area (Å²) in [6.45, 7) is 2.23. The Kier molecular flexibility index (Phi) is 5.44. The van der Waals surface area contributed by atoms with Gasteiger partial charge in [-0.3, -0.25) is 19.8 Å². The molecular weight excluding hydrogens is 442 g/mol. The molecule has 2 aromatic carbocycles. The highest BCUT2D eigenvalue weighted by atomic mass is 16.5. The molecule has 0 unspecified atom stereocenters. The van der Waals surface area contributed by atoms with Crippen LogP contribution in [0, 0.1) is 0 Å². The Morgan fingerprint density at radius 2 is 1.71 bits per heavy atom. The fraction of sp³-hybridized carbons (Fsp3) is 0.154. The second-order valence-corrected chi connectivity index (χ2v) is 8.43. The van der Waals surface area contributed by atoms with Crippen molar-refractivity contribution in [2.75, 3.05) is 11.9 Å². The van der Waals surface area contributed by atoms with E-state index in [-0.39, 0.29) is 5.56 Å². The van der Waals surface area contributed by atoms with Crippen LogP contribution >= 0.6 is 0 Å². The zero-order chi connectivity index (χ0) is 23.6. The Morgan fingerprint density at radius 1 is 0.943 bits per heavy atom. The van der Waals surface area contributed by atoms with E-state index in [9.17, 15) is 4.79 Å². The molecule has 0 amide bonds. The van der Waals surface area contributed by atoms with Crippen molar-refractivity contribution in [3.63, 3.8) is 0 Å². The summed E-state index contributed by atoms with van der Waals surface area (Å²) in [4.78, 5) is 28.7. The van der Waals surface area contributed by atoms with Crippen molar-refractivity contribution in [1.82, 2.24) is 29.5 Å². The van der Waals surface area contributed by atoms with Crippen LogP contribution < -0.4 is 15.6 Å². The molecule has 1 aliphatic heterocycles. The third kappa shape index (κ3) is 4.49. The highest BCUT2D eigenvalue weighted by Crippen LogP contribution is 2.24. The molecule has 0 radical (unpaired) electrons. The summed E-state index contributed by atoms with van der Waals surface area (Å²) in [5, 5.41) is 6.25. The van der Waals surface area contributed by atoms with Crippen molar-refractivity contribution in [3.05, 3.63) is 106 Å². The highest BCUT2D eigenvalue weighted by molar-refractivity contribution is 5.56. The van der Waals surface area contributed by atoms with Gasteiger partial charge in [0.2, 0.25) is 5.95 Å². The van der Waals surface area contributed by atoms with Crippen LogP contribution in [0.1, 0.15) is 16.8 Å². The Morgan fingerprint density at radius 3 is 2.51 bits per heavy atom. The quantitative estimate of drug-likeness (QED) is 0.392. The number of H-pyrrole nitrogens is 1. The average molecular weight is 466 g/mol. The second-order valence-electron chi connectivity index (χ2n) is 8.43. The van der Waals surface area contributed by atoms with Crippen molar-refractivity contribution in [2.24, 2.45) is 0 Å². The molecule has 0 bridgehead atoms. The Bertz CT molecular complexity index is 1510.